The van der Waals surface area contributed by atoms with Gasteiger partial charge in [0.25, 0.3) is 0 Å². The summed E-state index contributed by atoms with van der Waals surface area (Å²) in [6, 6.07) is 0. The van der Waals surface area contributed by atoms with Crippen LogP contribution in [0.3, 0.4) is 0 Å². The molecule has 1 unspecified atom stereocenters. The van der Waals surface area contributed by atoms with E-state index in [9.17, 15) is 0 Å². The maximum absolute atomic E-state index is 3.99. The Hall–Kier alpha value is -0.570. The number of hydrogen-bond donors (Lipinski definition) is 2. The zero-order valence-electron chi connectivity index (χ0n) is 5.23. The van der Waals surface area contributed by atoms with Gasteiger partial charge in [-0.25, -0.2) is 0 Å². The molecule has 0 spiro atoms. The molecule has 3 nitrogen and oxygen atoms in total. The molecule has 1 aliphatic rings. The zero-order valence-corrected chi connectivity index (χ0v) is 5.23. The van der Waals surface area contributed by atoms with Crippen LogP contribution in [0.25, 0.3) is 0 Å². The van der Waals surface area contributed by atoms with Crippen molar-refractivity contribution >= 4 is 5.71 Å². The van der Waals surface area contributed by atoms with E-state index >= 15 is 0 Å². The summed E-state index contributed by atoms with van der Waals surface area (Å²) in [5.74, 6) is 0. The lowest BCUT2D eigenvalue weighted by atomic mass is 10.3. The standard InChI is InChI=1S/C5H11N3/c1-4-3-5(6-2)8-7-4/h5-6,8H,3H2,1-2H3. The van der Waals surface area contributed by atoms with Crippen LogP contribution in [0, 0.1) is 0 Å². The summed E-state index contributed by atoms with van der Waals surface area (Å²) in [5, 5.41) is 7.06. The first-order chi connectivity index (χ1) is 3.83. The second-order valence-electron chi connectivity index (χ2n) is 2.02. The van der Waals surface area contributed by atoms with E-state index < -0.39 is 0 Å². The van der Waals surface area contributed by atoms with E-state index in [1.165, 1.54) is 5.71 Å². The molecule has 1 rings (SSSR count). The van der Waals surface area contributed by atoms with Crippen LogP contribution in [0.5, 0.6) is 0 Å². The van der Waals surface area contributed by atoms with Crippen LogP contribution in [0.1, 0.15) is 13.3 Å². The lowest BCUT2D eigenvalue weighted by molar-refractivity contribution is 0.515. The summed E-state index contributed by atoms with van der Waals surface area (Å²) in [5.41, 5.74) is 4.10. The van der Waals surface area contributed by atoms with Crippen molar-refractivity contribution in [2.45, 2.75) is 19.5 Å². The Labute approximate surface area is 49.2 Å². The highest BCUT2D eigenvalue weighted by atomic mass is 15.4. The van der Waals surface area contributed by atoms with E-state index in [4.69, 9.17) is 0 Å². The highest BCUT2D eigenvalue weighted by molar-refractivity contribution is 5.83. The molecule has 0 radical (unpaired) electrons. The van der Waals surface area contributed by atoms with E-state index in [1.807, 2.05) is 14.0 Å². The van der Waals surface area contributed by atoms with Crippen LogP contribution in [-0.4, -0.2) is 18.9 Å². The number of rotatable bonds is 1. The van der Waals surface area contributed by atoms with E-state index in [0.717, 1.165) is 6.42 Å². The third kappa shape index (κ3) is 0.980. The molecule has 1 aliphatic heterocycles. The van der Waals surface area contributed by atoms with Gasteiger partial charge in [-0.1, -0.05) is 0 Å². The quantitative estimate of drug-likeness (QED) is 0.498. The molecule has 1 heterocycles. The summed E-state index contributed by atoms with van der Waals surface area (Å²) < 4.78 is 0. The summed E-state index contributed by atoms with van der Waals surface area (Å²) >= 11 is 0. The Kier molecular flexibility index (Phi) is 1.48. The van der Waals surface area contributed by atoms with Gasteiger partial charge in [-0.05, 0) is 14.0 Å². The van der Waals surface area contributed by atoms with Crippen molar-refractivity contribution in [2.24, 2.45) is 5.10 Å². The minimum absolute atomic E-state index is 0.370. The van der Waals surface area contributed by atoms with Gasteiger partial charge < -0.3 is 0 Å². The average molecular weight is 113 g/mol. The summed E-state index contributed by atoms with van der Waals surface area (Å²) in [6.07, 6.45) is 1.39. The molecule has 0 aliphatic carbocycles. The molecule has 1 atom stereocenters. The van der Waals surface area contributed by atoms with E-state index in [2.05, 4.69) is 15.8 Å². The fourth-order valence-electron chi connectivity index (χ4n) is 0.741. The zero-order chi connectivity index (χ0) is 5.98. The molecule has 46 valence electrons. The van der Waals surface area contributed by atoms with Gasteiger partial charge in [0.2, 0.25) is 0 Å². The Morgan fingerprint density at radius 3 is 2.88 bits per heavy atom. The number of hydrogen-bond acceptors (Lipinski definition) is 3. The second kappa shape index (κ2) is 2.13. The first kappa shape index (κ1) is 5.56. The molecular formula is C5H11N3. The molecule has 0 aromatic rings. The van der Waals surface area contributed by atoms with Crippen LogP contribution >= 0.6 is 0 Å². The summed E-state index contributed by atoms with van der Waals surface area (Å²) in [4.78, 5) is 0. The van der Waals surface area contributed by atoms with Gasteiger partial charge >= 0.3 is 0 Å². The number of nitrogens with one attached hydrogen (secondary N) is 2. The van der Waals surface area contributed by atoms with E-state index in [1.54, 1.807) is 0 Å². The first-order valence-corrected chi connectivity index (χ1v) is 2.79. The van der Waals surface area contributed by atoms with Crippen molar-refractivity contribution < 1.29 is 0 Å². The molecule has 0 saturated carbocycles. The molecular weight excluding hydrogens is 102 g/mol. The lowest BCUT2D eigenvalue weighted by Gasteiger charge is -2.04. The van der Waals surface area contributed by atoms with Gasteiger partial charge in [-0.15, -0.1) is 0 Å². The highest BCUT2D eigenvalue weighted by Crippen LogP contribution is 1.97. The Bertz CT molecular complexity index is 108. The second-order valence-corrected chi connectivity index (χ2v) is 2.02. The van der Waals surface area contributed by atoms with Crippen LogP contribution < -0.4 is 10.7 Å². The number of hydrazone groups is 1. The highest BCUT2D eigenvalue weighted by Gasteiger charge is 2.10. The molecule has 2 N–H and O–H groups in total. The summed E-state index contributed by atoms with van der Waals surface area (Å²) in [6.45, 7) is 2.02. The van der Waals surface area contributed by atoms with Crippen LogP contribution in [0.4, 0.5) is 0 Å². The third-order valence-corrected chi connectivity index (χ3v) is 1.26. The van der Waals surface area contributed by atoms with Gasteiger partial charge in [0, 0.05) is 12.1 Å². The van der Waals surface area contributed by atoms with Gasteiger partial charge in [0.05, 0.1) is 6.17 Å². The molecule has 0 bridgehead atoms. The van der Waals surface area contributed by atoms with Crippen molar-refractivity contribution in [3.8, 4) is 0 Å². The van der Waals surface area contributed by atoms with Crippen molar-refractivity contribution in [1.29, 1.82) is 0 Å². The van der Waals surface area contributed by atoms with E-state index in [0.29, 0.717) is 6.17 Å². The van der Waals surface area contributed by atoms with Crippen LogP contribution in [-0.2, 0) is 0 Å². The van der Waals surface area contributed by atoms with Crippen LogP contribution in [0.15, 0.2) is 5.10 Å². The van der Waals surface area contributed by atoms with Crippen molar-refractivity contribution in [3.05, 3.63) is 0 Å². The predicted octanol–water partition coefficient (Wildman–Crippen LogP) is -0.0989. The molecule has 0 amide bonds. The maximum Gasteiger partial charge on any atom is 0.0984 e. The molecule has 0 saturated heterocycles. The normalized spacial score (nSPS) is 27.2. The van der Waals surface area contributed by atoms with E-state index in [-0.39, 0.29) is 0 Å². The molecule has 0 fully saturated rings. The fourth-order valence-corrected chi connectivity index (χ4v) is 0.741. The largest absolute Gasteiger partial charge is 0.299 e. The van der Waals surface area contributed by atoms with Crippen molar-refractivity contribution in [2.75, 3.05) is 7.05 Å². The maximum atomic E-state index is 3.99. The molecule has 3 heteroatoms. The third-order valence-electron chi connectivity index (χ3n) is 1.26. The molecule has 0 aromatic carbocycles. The first-order valence-electron chi connectivity index (χ1n) is 2.79. The fraction of sp³-hybridized carbons (Fsp3) is 0.800. The molecule has 8 heavy (non-hydrogen) atoms. The topological polar surface area (TPSA) is 36.4 Å². The molecule has 0 aromatic heterocycles. The van der Waals surface area contributed by atoms with Crippen LogP contribution in [0.2, 0.25) is 0 Å². The smallest absolute Gasteiger partial charge is 0.0984 e. The Morgan fingerprint density at radius 1 is 1.88 bits per heavy atom. The SMILES string of the molecule is CNC1CC(C)=NN1. The van der Waals surface area contributed by atoms with Gasteiger partial charge in [-0.2, -0.15) is 5.10 Å². The average Bonchev–Trinajstić information content (AvgIpc) is 2.14. The minimum Gasteiger partial charge on any atom is -0.299 e. The number of nitrogens with zero attached hydrogens (tertiary/aromatic N) is 1. The predicted molar refractivity (Wildman–Crippen MR) is 33.7 cm³/mol. The minimum atomic E-state index is 0.370. The van der Waals surface area contributed by atoms with Gasteiger partial charge in [0.15, 0.2) is 0 Å². The van der Waals surface area contributed by atoms with Crippen molar-refractivity contribution in [1.82, 2.24) is 10.7 Å². The Balaban J connectivity index is 2.32. The Morgan fingerprint density at radius 2 is 2.62 bits per heavy atom. The lowest BCUT2D eigenvalue weighted by Crippen LogP contribution is -2.33. The van der Waals surface area contributed by atoms with Gasteiger partial charge in [-0.3, -0.25) is 10.7 Å². The monoisotopic (exact) mass is 113 g/mol. The summed E-state index contributed by atoms with van der Waals surface area (Å²) in [7, 11) is 1.92. The van der Waals surface area contributed by atoms with Gasteiger partial charge in [0.1, 0.15) is 0 Å². The van der Waals surface area contributed by atoms with Crippen molar-refractivity contribution in [3.63, 3.8) is 0 Å².